The minimum Gasteiger partial charge on any atom is -0.306 e. The molecular weight excluding hydrogens is 192 g/mol. The average molecular weight is 208 g/mol. The second-order valence-corrected chi connectivity index (χ2v) is 4.75. The van der Waals surface area contributed by atoms with Gasteiger partial charge in [0, 0.05) is 0 Å². The summed E-state index contributed by atoms with van der Waals surface area (Å²) in [5, 5.41) is 4.72. The standard InChI is InChI=1S/C7H16N2O3S/c1-9-4-2-7(3-5-9)6-12-13(8,10)11/h7H,2-6H2,1H3,(H2,8,10,11). The zero-order chi connectivity index (χ0) is 9.90. The molecule has 0 unspecified atom stereocenters. The first-order valence-corrected chi connectivity index (χ1v) is 5.80. The van der Waals surface area contributed by atoms with Crippen molar-refractivity contribution in [3.8, 4) is 0 Å². The largest absolute Gasteiger partial charge is 0.333 e. The molecule has 0 aromatic heterocycles. The van der Waals surface area contributed by atoms with E-state index < -0.39 is 10.3 Å². The third-order valence-electron chi connectivity index (χ3n) is 2.31. The molecule has 1 heterocycles. The highest BCUT2D eigenvalue weighted by molar-refractivity contribution is 7.84. The number of nitrogens with two attached hydrogens (primary N) is 1. The van der Waals surface area contributed by atoms with Crippen molar-refractivity contribution in [1.29, 1.82) is 0 Å². The van der Waals surface area contributed by atoms with Gasteiger partial charge in [0.15, 0.2) is 0 Å². The minimum absolute atomic E-state index is 0.229. The second-order valence-electron chi connectivity index (χ2n) is 3.52. The van der Waals surface area contributed by atoms with E-state index in [4.69, 9.17) is 5.14 Å². The molecule has 1 saturated heterocycles. The number of hydrogen-bond donors (Lipinski definition) is 1. The lowest BCUT2D eigenvalue weighted by atomic mass is 9.98. The Morgan fingerprint density at radius 1 is 1.46 bits per heavy atom. The minimum atomic E-state index is -3.75. The molecule has 0 radical (unpaired) electrons. The first kappa shape index (κ1) is 10.9. The molecule has 1 aliphatic heterocycles. The Labute approximate surface area is 79.1 Å². The molecule has 6 heteroatoms. The Bertz CT molecular complexity index is 244. The van der Waals surface area contributed by atoms with Gasteiger partial charge in [-0.25, -0.2) is 5.14 Å². The van der Waals surface area contributed by atoms with Gasteiger partial charge in [-0.2, -0.15) is 8.42 Å². The summed E-state index contributed by atoms with van der Waals surface area (Å²) in [6.07, 6.45) is 1.96. The zero-order valence-electron chi connectivity index (χ0n) is 7.77. The summed E-state index contributed by atoms with van der Waals surface area (Å²) in [7, 11) is -1.70. The van der Waals surface area contributed by atoms with E-state index in [1.165, 1.54) is 0 Å². The van der Waals surface area contributed by atoms with E-state index in [0.29, 0.717) is 5.92 Å². The van der Waals surface area contributed by atoms with E-state index in [9.17, 15) is 8.42 Å². The summed E-state index contributed by atoms with van der Waals surface area (Å²) >= 11 is 0. The summed E-state index contributed by atoms with van der Waals surface area (Å²) in [5.74, 6) is 0.328. The van der Waals surface area contributed by atoms with E-state index in [1.807, 2.05) is 0 Å². The van der Waals surface area contributed by atoms with Gasteiger partial charge < -0.3 is 4.90 Å². The molecule has 0 amide bonds. The van der Waals surface area contributed by atoms with Gasteiger partial charge in [0.05, 0.1) is 6.61 Å². The average Bonchev–Trinajstić information content (AvgIpc) is 2.02. The monoisotopic (exact) mass is 208 g/mol. The third kappa shape index (κ3) is 4.56. The fraction of sp³-hybridized carbons (Fsp3) is 1.00. The van der Waals surface area contributed by atoms with Crippen LogP contribution in [0.1, 0.15) is 12.8 Å². The van der Waals surface area contributed by atoms with Gasteiger partial charge in [-0.3, -0.25) is 4.18 Å². The van der Waals surface area contributed by atoms with Crippen LogP contribution in [-0.2, 0) is 14.5 Å². The van der Waals surface area contributed by atoms with Gasteiger partial charge in [0.25, 0.3) is 0 Å². The van der Waals surface area contributed by atoms with Gasteiger partial charge in [0.2, 0.25) is 0 Å². The molecule has 0 bridgehead atoms. The Morgan fingerprint density at radius 2 is 2.00 bits per heavy atom. The zero-order valence-corrected chi connectivity index (χ0v) is 8.59. The smallest absolute Gasteiger partial charge is 0.306 e. The number of hydrogen-bond acceptors (Lipinski definition) is 4. The highest BCUT2D eigenvalue weighted by atomic mass is 32.2. The fourth-order valence-electron chi connectivity index (χ4n) is 1.42. The molecule has 0 atom stereocenters. The van der Waals surface area contributed by atoms with Gasteiger partial charge in [-0.1, -0.05) is 0 Å². The van der Waals surface area contributed by atoms with Crippen molar-refractivity contribution in [3.05, 3.63) is 0 Å². The number of piperidine rings is 1. The third-order valence-corrected chi connectivity index (χ3v) is 2.77. The Balaban J connectivity index is 2.24. The van der Waals surface area contributed by atoms with Gasteiger partial charge in [-0.15, -0.1) is 0 Å². The molecule has 5 nitrogen and oxygen atoms in total. The molecule has 2 N–H and O–H groups in total. The Kier molecular flexibility index (Phi) is 3.66. The summed E-state index contributed by atoms with van der Waals surface area (Å²) in [4.78, 5) is 2.22. The van der Waals surface area contributed by atoms with Crippen LogP contribution >= 0.6 is 0 Å². The van der Waals surface area contributed by atoms with Crippen molar-refractivity contribution in [1.82, 2.24) is 4.90 Å². The Morgan fingerprint density at radius 3 is 2.46 bits per heavy atom. The van der Waals surface area contributed by atoms with E-state index in [-0.39, 0.29) is 6.61 Å². The van der Waals surface area contributed by atoms with Crippen LogP contribution < -0.4 is 5.14 Å². The molecule has 1 aliphatic rings. The van der Waals surface area contributed by atoms with Crippen LogP contribution in [0.25, 0.3) is 0 Å². The van der Waals surface area contributed by atoms with E-state index >= 15 is 0 Å². The molecule has 0 aromatic carbocycles. The SMILES string of the molecule is CN1CCC(COS(N)(=O)=O)CC1. The van der Waals surface area contributed by atoms with Crippen LogP contribution in [-0.4, -0.2) is 40.1 Å². The maximum atomic E-state index is 10.5. The second kappa shape index (κ2) is 4.36. The van der Waals surface area contributed by atoms with Crippen molar-refractivity contribution in [2.75, 3.05) is 26.7 Å². The number of likely N-dealkylation sites (tertiary alicyclic amines) is 1. The first-order valence-electron chi connectivity index (χ1n) is 4.33. The molecule has 0 spiro atoms. The predicted octanol–water partition coefficient (Wildman–Crippen LogP) is -0.452. The van der Waals surface area contributed by atoms with E-state index in [1.54, 1.807) is 0 Å². The summed E-state index contributed by atoms with van der Waals surface area (Å²) in [5.41, 5.74) is 0. The fourth-order valence-corrected chi connectivity index (χ4v) is 1.80. The van der Waals surface area contributed by atoms with Crippen LogP contribution in [0.3, 0.4) is 0 Å². The maximum Gasteiger partial charge on any atom is 0.333 e. The van der Waals surface area contributed by atoms with Crippen molar-refractivity contribution >= 4 is 10.3 Å². The molecule has 0 saturated carbocycles. The highest BCUT2D eigenvalue weighted by Gasteiger charge is 2.18. The van der Waals surface area contributed by atoms with Crippen molar-refractivity contribution in [3.63, 3.8) is 0 Å². The molecule has 1 rings (SSSR count). The molecular formula is C7H16N2O3S. The molecule has 1 fully saturated rings. The van der Waals surface area contributed by atoms with Crippen LogP contribution in [0.15, 0.2) is 0 Å². The first-order chi connectivity index (χ1) is 5.97. The lowest BCUT2D eigenvalue weighted by Crippen LogP contribution is -2.33. The van der Waals surface area contributed by atoms with Gasteiger partial charge in [-0.05, 0) is 38.9 Å². The van der Waals surface area contributed by atoms with Gasteiger partial charge in [0.1, 0.15) is 0 Å². The lowest BCUT2D eigenvalue weighted by Gasteiger charge is -2.28. The van der Waals surface area contributed by atoms with Crippen LogP contribution in [0.4, 0.5) is 0 Å². The molecule has 0 aromatic rings. The van der Waals surface area contributed by atoms with Crippen molar-refractivity contribution in [2.45, 2.75) is 12.8 Å². The summed E-state index contributed by atoms with van der Waals surface area (Å²) in [6.45, 7) is 2.23. The lowest BCUT2D eigenvalue weighted by molar-refractivity contribution is 0.163. The van der Waals surface area contributed by atoms with E-state index in [0.717, 1.165) is 25.9 Å². The Hall–Kier alpha value is -0.170. The number of rotatable bonds is 3. The maximum absolute atomic E-state index is 10.5. The predicted molar refractivity (Wildman–Crippen MR) is 49.3 cm³/mol. The van der Waals surface area contributed by atoms with Crippen LogP contribution in [0, 0.1) is 5.92 Å². The number of nitrogens with zero attached hydrogens (tertiary/aromatic N) is 1. The van der Waals surface area contributed by atoms with Crippen LogP contribution in [0.5, 0.6) is 0 Å². The molecule has 13 heavy (non-hydrogen) atoms. The molecule has 0 aliphatic carbocycles. The summed E-state index contributed by atoms with van der Waals surface area (Å²) < 4.78 is 25.5. The van der Waals surface area contributed by atoms with Crippen LogP contribution in [0.2, 0.25) is 0 Å². The quantitative estimate of drug-likeness (QED) is 0.681. The van der Waals surface area contributed by atoms with Crippen molar-refractivity contribution in [2.24, 2.45) is 11.1 Å². The van der Waals surface area contributed by atoms with E-state index in [2.05, 4.69) is 16.1 Å². The van der Waals surface area contributed by atoms with Crippen molar-refractivity contribution < 1.29 is 12.6 Å². The normalized spacial score (nSPS) is 22.0. The molecule has 78 valence electrons. The van der Waals surface area contributed by atoms with Gasteiger partial charge >= 0.3 is 10.3 Å². The topological polar surface area (TPSA) is 72.6 Å². The summed E-state index contributed by atoms with van der Waals surface area (Å²) in [6, 6.07) is 0. The highest BCUT2D eigenvalue weighted by Crippen LogP contribution is 2.16.